The molecule has 1 aromatic heterocycles. The molecule has 0 fully saturated rings. The lowest BCUT2D eigenvalue weighted by Crippen LogP contribution is -2.23. The van der Waals surface area contributed by atoms with Crippen LogP contribution in [0.1, 0.15) is 0 Å². The van der Waals surface area contributed by atoms with Crippen LogP contribution in [0.15, 0.2) is 54.6 Å². The molecule has 0 saturated heterocycles. The number of carbonyl (C=O) groups is 1. The topological polar surface area (TPSA) is 96.6 Å². The van der Waals surface area contributed by atoms with Gasteiger partial charge < -0.3 is 5.11 Å². The van der Waals surface area contributed by atoms with Gasteiger partial charge in [0, 0.05) is 24.4 Å². The monoisotopic (exact) mass is 323 g/mol. The first-order chi connectivity index (χ1) is 11.5. The molecule has 0 saturated carbocycles. The molecule has 0 aliphatic carbocycles. The molecule has 24 heavy (non-hydrogen) atoms. The van der Waals surface area contributed by atoms with E-state index < -0.39 is 11.0 Å². The van der Waals surface area contributed by atoms with Crippen molar-refractivity contribution < 1.29 is 14.8 Å². The Morgan fingerprint density at radius 1 is 1.17 bits per heavy atom. The van der Waals surface area contributed by atoms with Crippen LogP contribution in [0.25, 0.3) is 22.2 Å². The summed E-state index contributed by atoms with van der Waals surface area (Å²) in [6, 6.07) is 15.0. The van der Waals surface area contributed by atoms with Gasteiger partial charge in [-0.3, -0.25) is 15.0 Å². The van der Waals surface area contributed by atoms with Crippen LogP contribution in [-0.2, 0) is 0 Å². The summed E-state index contributed by atoms with van der Waals surface area (Å²) in [5.74, 6) is 0. The molecule has 120 valence electrons. The molecule has 1 N–H and O–H groups in total. The standard InChI is InChI=1S/C17H13N3O4/c1-19(17(21)22)12-8-6-11(7-9-12)15-10-16(20(23)24)13-4-2-3-5-14(13)18-15/h2-10H,1H3,(H,21,22). The maximum absolute atomic E-state index is 11.3. The van der Waals surface area contributed by atoms with Gasteiger partial charge in [0.15, 0.2) is 0 Å². The molecule has 0 unspecified atom stereocenters. The molecule has 7 nitrogen and oxygen atoms in total. The van der Waals surface area contributed by atoms with Crippen LogP contribution in [-0.4, -0.2) is 28.2 Å². The average Bonchev–Trinajstić information content (AvgIpc) is 2.60. The van der Waals surface area contributed by atoms with Gasteiger partial charge in [0.2, 0.25) is 0 Å². The largest absolute Gasteiger partial charge is 0.465 e. The molecule has 1 heterocycles. The predicted molar refractivity (Wildman–Crippen MR) is 90.3 cm³/mol. The normalized spacial score (nSPS) is 10.5. The Kier molecular flexibility index (Phi) is 3.83. The first-order valence-electron chi connectivity index (χ1n) is 7.08. The van der Waals surface area contributed by atoms with Crippen LogP contribution in [0.3, 0.4) is 0 Å². The molecule has 7 heteroatoms. The summed E-state index contributed by atoms with van der Waals surface area (Å²) in [5, 5.41) is 20.8. The number of para-hydroxylation sites is 1. The molecule has 0 bridgehead atoms. The van der Waals surface area contributed by atoms with E-state index in [9.17, 15) is 14.9 Å². The molecule has 3 aromatic rings. The van der Waals surface area contributed by atoms with Crippen molar-refractivity contribution in [3.63, 3.8) is 0 Å². The lowest BCUT2D eigenvalue weighted by atomic mass is 10.1. The van der Waals surface area contributed by atoms with Crippen molar-refractivity contribution in [2.75, 3.05) is 11.9 Å². The lowest BCUT2D eigenvalue weighted by molar-refractivity contribution is -0.383. The molecule has 1 amide bonds. The van der Waals surface area contributed by atoms with Gasteiger partial charge in [-0.05, 0) is 24.3 Å². The van der Waals surface area contributed by atoms with Crippen LogP contribution in [0.2, 0.25) is 0 Å². The van der Waals surface area contributed by atoms with Crippen LogP contribution in [0.5, 0.6) is 0 Å². The second-order valence-electron chi connectivity index (χ2n) is 5.19. The Morgan fingerprint density at radius 2 is 1.83 bits per heavy atom. The Balaban J connectivity index is 2.09. The molecule has 0 spiro atoms. The van der Waals surface area contributed by atoms with Gasteiger partial charge in [-0.25, -0.2) is 9.78 Å². The minimum atomic E-state index is -1.07. The van der Waals surface area contributed by atoms with Gasteiger partial charge in [0.05, 0.1) is 21.5 Å². The van der Waals surface area contributed by atoms with E-state index in [4.69, 9.17) is 5.11 Å². The number of hydrogen-bond acceptors (Lipinski definition) is 4. The number of aromatic nitrogens is 1. The number of hydrogen-bond donors (Lipinski definition) is 1. The van der Waals surface area contributed by atoms with E-state index in [1.807, 2.05) is 0 Å². The zero-order valence-corrected chi connectivity index (χ0v) is 12.7. The number of benzene rings is 2. The highest BCUT2D eigenvalue weighted by Gasteiger charge is 2.16. The summed E-state index contributed by atoms with van der Waals surface area (Å²) < 4.78 is 0. The van der Waals surface area contributed by atoms with Gasteiger partial charge in [-0.15, -0.1) is 0 Å². The second-order valence-corrected chi connectivity index (χ2v) is 5.19. The summed E-state index contributed by atoms with van der Waals surface area (Å²) in [6.07, 6.45) is -1.07. The van der Waals surface area contributed by atoms with Crippen molar-refractivity contribution >= 4 is 28.4 Å². The van der Waals surface area contributed by atoms with E-state index in [1.54, 1.807) is 48.5 Å². The maximum Gasteiger partial charge on any atom is 0.411 e. The van der Waals surface area contributed by atoms with Crippen molar-refractivity contribution in [1.82, 2.24) is 4.98 Å². The number of anilines is 1. The summed E-state index contributed by atoms with van der Waals surface area (Å²) in [6.45, 7) is 0. The van der Waals surface area contributed by atoms with Crippen LogP contribution >= 0.6 is 0 Å². The zero-order valence-electron chi connectivity index (χ0n) is 12.7. The third-order valence-corrected chi connectivity index (χ3v) is 3.73. The van der Waals surface area contributed by atoms with Crippen molar-refractivity contribution in [3.8, 4) is 11.3 Å². The number of nitro groups is 1. The predicted octanol–water partition coefficient (Wildman–Crippen LogP) is 3.92. The Labute approximate surface area is 136 Å². The van der Waals surface area contributed by atoms with E-state index in [0.717, 1.165) is 4.90 Å². The van der Waals surface area contributed by atoms with Gasteiger partial charge in [-0.1, -0.05) is 24.3 Å². The van der Waals surface area contributed by atoms with Crippen LogP contribution in [0.4, 0.5) is 16.2 Å². The number of rotatable bonds is 3. The Morgan fingerprint density at radius 3 is 2.46 bits per heavy atom. The van der Waals surface area contributed by atoms with Gasteiger partial charge in [0.25, 0.3) is 5.69 Å². The molecule has 2 aromatic carbocycles. The number of pyridine rings is 1. The first-order valence-corrected chi connectivity index (χ1v) is 7.08. The minimum absolute atomic E-state index is 0.0117. The highest BCUT2D eigenvalue weighted by molar-refractivity contribution is 5.91. The summed E-state index contributed by atoms with van der Waals surface area (Å²) in [5.41, 5.74) is 2.16. The van der Waals surface area contributed by atoms with Crippen molar-refractivity contribution in [2.24, 2.45) is 0 Å². The number of carboxylic acid groups (broad SMARTS) is 1. The quantitative estimate of drug-likeness (QED) is 0.582. The fourth-order valence-electron chi connectivity index (χ4n) is 2.42. The smallest absolute Gasteiger partial charge is 0.411 e. The molecule has 3 rings (SSSR count). The van der Waals surface area contributed by atoms with Crippen LogP contribution < -0.4 is 4.90 Å². The van der Waals surface area contributed by atoms with Crippen molar-refractivity contribution in [1.29, 1.82) is 0 Å². The van der Waals surface area contributed by atoms with Gasteiger partial charge in [0.1, 0.15) is 0 Å². The van der Waals surface area contributed by atoms with Gasteiger partial charge in [-0.2, -0.15) is 0 Å². The highest BCUT2D eigenvalue weighted by atomic mass is 16.6. The fraction of sp³-hybridized carbons (Fsp3) is 0.0588. The summed E-state index contributed by atoms with van der Waals surface area (Å²) in [7, 11) is 1.44. The average molecular weight is 323 g/mol. The second kappa shape index (κ2) is 5.96. The molecular formula is C17H13N3O4. The summed E-state index contributed by atoms with van der Waals surface area (Å²) >= 11 is 0. The summed E-state index contributed by atoms with van der Waals surface area (Å²) in [4.78, 5) is 27.4. The third kappa shape index (κ3) is 2.74. The van der Waals surface area contributed by atoms with Crippen LogP contribution in [0, 0.1) is 10.1 Å². The van der Waals surface area contributed by atoms with E-state index in [0.29, 0.717) is 27.8 Å². The Bertz CT molecular complexity index is 938. The number of fused-ring (bicyclic) bond motifs is 1. The van der Waals surface area contributed by atoms with E-state index in [-0.39, 0.29) is 5.69 Å². The third-order valence-electron chi connectivity index (χ3n) is 3.73. The highest BCUT2D eigenvalue weighted by Crippen LogP contribution is 2.30. The minimum Gasteiger partial charge on any atom is -0.465 e. The number of amides is 1. The maximum atomic E-state index is 11.3. The molecule has 0 radical (unpaired) electrons. The van der Waals surface area contributed by atoms with E-state index >= 15 is 0 Å². The van der Waals surface area contributed by atoms with E-state index in [2.05, 4.69) is 4.98 Å². The zero-order chi connectivity index (χ0) is 17.3. The van der Waals surface area contributed by atoms with E-state index in [1.165, 1.54) is 13.1 Å². The Hall–Kier alpha value is -3.48. The number of nitrogens with zero attached hydrogens (tertiary/aromatic N) is 3. The SMILES string of the molecule is CN(C(=O)O)c1ccc(-c2cc([N+](=O)[O-])c3ccccc3n2)cc1. The first kappa shape index (κ1) is 15.4. The molecule has 0 aliphatic rings. The fourth-order valence-corrected chi connectivity index (χ4v) is 2.42. The molecular weight excluding hydrogens is 310 g/mol. The lowest BCUT2D eigenvalue weighted by Gasteiger charge is -2.13. The van der Waals surface area contributed by atoms with Gasteiger partial charge >= 0.3 is 6.09 Å². The molecule has 0 atom stereocenters. The van der Waals surface area contributed by atoms with Crippen molar-refractivity contribution in [2.45, 2.75) is 0 Å². The molecule has 0 aliphatic heterocycles. The van der Waals surface area contributed by atoms with Crippen molar-refractivity contribution in [3.05, 3.63) is 64.7 Å².